The van der Waals surface area contributed by atoms with E-state index in [1.54, 1.807) is 0 Å². The molecule has 2 atom stereocenters. The van der Waals surface area contributed by atoms with Gasteiger partial charge < -0.3 is 0 Å². The molecule has 0 N–H and O–H groups in total. The van der Waals surface area contributed by atoms with Crippen LogP contribution in [0.1, 0.15) is 53.3 Å². The van der Waals surface area contributed by atoms with Crippen LogP contribution in [0.3, 0.4) is 0 Å². The Morgan fingerprint density at radius 3 is 2.40 bits per heavy atom. The number of hydrogen-bond acceptors (Lipinski definition) is 3. The van der Waals surface area contributed by atoms with Crippen LogP contribution in [0.15, 0.2) is 24.4 Å². The van der Waals surface area contributed by atoms with Crippen LogP contribution < -0.4 is 0 Å². The summed E-state index contributed by atoms with van der Waals surface area (Å²) in [4.78, 5) is 9.83. The van der Waals surface area contributed by atoms with E-state index in [1.807, 2.05) is 12.3 Å². The Kier molecular flexibility index (Phi) is 4.50. The molecule has 0 amide bonds. The SMILES string of the molecule is CC(C)N1CC(c2ccccn2)N(C(C)(C)C)CC1C. The van der Waals surface area contributed by atoms with Crippen LogP contribution in [0.25, 0.3) is 0 Å². The average Bonchev–Trinajstić information content (AvgIpc) is 2.38. The Labute approximate surface area is 124 Å². The van der Waals surface area contributed by atoms with E-state index in [1.165, 1.54) is 5.69 Å². The minimum Gasteiger partial charge on any atom is -0.295 e. The van der Waals surface area contributed by atoms with Gasteiger partial charge in [-0.3, -0.25) is 14.8 Å². The number of nitrogens with zero attached hydrogens (tertiary/aromatic N) is 3. The molecule has 112 valence electrons. The molecule has 1 fully saturated rings. The van der Waals surface area contributed by atoms with Crippen molar-refractivity contribution in [1.82, 2.24) is 14.8 Å². The van der Waals surface area contributed by atoms with E-state index >= 15 is 0 Å². The molecular formula is C17H29N3. The zero-order chi connectivity index (χ0) is 14.9. The maximum Gasteiger partial charge on any atom is 0.0654 e. The normalized spacial score (nSPS) is 26.1. The summed E-state index contributed by atoms with van der Waals surface area (Å²) >= 11 is 0. The van der Waals surface area contributed by atoms with Gasteiger partial charge in [0.1, 0.15) is 0 Å². The average molecular weight is 275 g/mol. The Hall–Kier alpha value is -0.930. The predicted molar refractivity (Wildman–Crippen MR) is 84.7 cm³/mol. The summed E-state index contributed by atoms with van der Waals surface area (Å²) in [5.74, 6) is 0. The van der Waals surface area contributed by atoms with Crippen LogP contribution in [0, 0.1) is 0 Å². The van der Waals surface area contributed by atoms with E-state index < -0.39 is 0 Å². The van der Waals surface area contributed by atoms with Crippen LogP contribution in [-0.2, 0) is 0 Å². The van der Waals surface area contributed by atoms with Gasteiger partial charge in [0.25, 0.3) is 0 Å². The number of pyridine rings is 1. The first-order chi connectivity index (χ1) is 9.30. The number of hydrogen-bond donors (Lipinski definition) is 0. The third-order valence-electron chi connectivity index (χ3n) is 4.34. The highest BCUT2D eigenvalue weighted by atomic mass is 15.3. The lowest BCUT2D eigenvalue weighted by Crippen LogP contribution is -2.60. The van der Waals surface area contributed by atoms with Gasteiger partial charge in [0.2, 0.25) is 0 Å². The van der Waals surface area contributed by atoms with Gasteiger partial charge in [-0.15, -0.1) is 0 Å². The molecule has 0 saturated carbocycles. The molecular weight excluding hydrogens is 246 g/mol. The van der Waals surface area contributed by atoms with Gasteiger partial charge in [0, 0.05) is 36.9 Å². The highest BCUT2D eigenvalue weighted by Gasteiger charge is 2.39. The number of piperazine rings is 1. The molecule has 1 aliphatic rings. The molecule has 1 aromatic rings. The first kappa shape index (κ1) is 15.5. The van der Waals surface area contributed by atoms with Crippen LogP contribution in [0.4, 0.5) is 0 Å². The molecule has 0 spiro atoms. The zero-order valence-corrected chi connectivity index (χ0v) is 13.8. The molecule has 2 heterocycles. The summed E-state index contributed by atoms with van der Waals surface area (Å²) in [5.41, 5.74) is 1.36. The maximum atomic E-state index is 4.62. The molecule has 1 aliphatic heterocycles. The van der Waals surface area contributed by atoms with Gasteiger partial charge in [-0.2, -0.15) is 0 Å². The van der Waals surface area contributed by atoms with Crippen molar-refractivity contribution in [2.45, 2.75) is 65.2 Å². The van der Waals surface area contributed by atoms with E-state index in [4.69, 9.17) is 0 Å². The minimum absolute atomic E-state index is 0.166. The highest BCUT2D eigenvalue weighted by molar-refractivity contribution is 5.12. The van der Waals surface area contributed by atoms with Crippen molar-refractivity contribution in [1.29, 1.82) is 0 Å². The van der Waals surface area contributed by atoms with Gasteiger partial charge >= 0.3 is 0 Å². The minimum atomic E-state index is 0.166. The molecule has 0 aromatic carbocycles. The van der Waals surface area contributed by atoms with E-state index in [-0.39, 0.29) is 5.54 Å². The third kappa shape index (κ3) is 3.21. The summed E-state index contributed by atoms with van der Waals surface area (Å²) in [7, 11) is 0. The van der Waals surface area contributed by atoms with Crippen LogP contribution >= 0.6 is 0 Å². The molecule has 3 nitrogen and oxygen atoms in total. The Morgan fingerprint density at radius 2 is 1.90 bits per heavy atom. The van der Waals surface area contributed by atoms with Gasteiger partial charge in [0.05, 0.1) is 11.7 Å². The van der Waals surface area contributed by atoms with Crippen molar-refractivity contribution in [3.63, 3.8) is 0 Å². The lowest BCUT2D eigenvalue weighted by Gasteiger charge is -2.51. The first-order valence-electron chi connectivity index (χ1n) is 7.74. The highest BCUT2D eigenvalue weighted by Crippen LogP contribution is 2.33. The summed E-state index contributed by atoms with van der Waals surface area (Å²) in [6, 6.07) is 7.82. The van der Waals surface area contributed by atoms with Crippen molar-refractivity contribution < 1.29 is 0 Å². The van der Waals surface area contributed by atoms with Crippen molar-refractivity contribution in [3.8, 4) is 0 Å². The smallest absolute Gasteiger partial charge is 0.0654 e. The lowest BCUT2D eigenvalue weighted by molar-refractivity contribution is -0.0329. The fraction of sp³-hybridized carbons (Fsp3) is 0.706. The quantitative estimate of drug-likeness (QED) is 0.825. The second kappa shape index (κ2) is 5.82. The van der Waals surface area contributed by atoms with Gasteiger partial charge in [0.15, 0.2) is 0 Å². The second-order valence-electron chi connectivity index (χ2n) is 7.23. The molecule has 3 heteroatoms. The molecule has 2 rings (SSSR count). The molecule has 1 aromatic heterocycles. The fourth-order valence-electron chi connectivity index (χ4n) is 3.28. The molecule has 1 saturated heterocycles. The second-order valence-corrected chi connectivity index (χ2v) is 7.23. The summed E-state index contributed by atoms with van der Waals surface area (Å²) in [6.45, 7) is 16.0. The van der Waals surface area contributed by atoms with Crippen LogP contribution in [0.2, 0.25) is 0 Å². The van der Waals surface area contributed by atoms with Crippen LogP contribution in [0.5, 0.6) is 0 Å². The van der Waals surface area contributed by atoms with Gasteiger partial charge in [-0.05, 0) is 53.7 Å². The maximum absolute atomic E-state index is 4.62. The number of rotatable bonds is 2. The van der Waals surface area contributed by atoms with E-state index in [9.17, 15) is 0 Å². The molecule has 0 radical (unpaired) electrons. The third-order valence-corrected chi connectivity index (χ3v) is 4.34. The van der Waals surface area contributed by atoms with Gasteiger partial charge in [-0.25, -0.2) is 0 Å². The number of aromatic nitrogens is 1. The largest absolute Gasteiger partial charge is 0.295 e. The molecule has 0 bridgehead atoms. The Balaban J connectivity index is 2.32. The predicted octanol–water partition coefficient (Wildman–Crippen LogP) is 3.34. The van der Waals surface area contributed by atoms with Gasteiger partial charge in [-0.1, -0.05) is 6.07 Å². The Bertz CT molecular complexity index is 422. The van der Waals surface area contributed by atoms with Crippen molar-refractivity contribution in [3.05, 3.63) is 30.1 Å². The molecule has 0 aliphatic carbocycles. The first-order valence-corrected chi connectivity index (χ1v) is 7.74. The van der Waals surface area contributed by atoms with Crippen molar-refractivity contribution >= 4 is 0 Å². The topological polar surface area (TPSA) is 19.4 Å². The summed E-state index contributed by atoms with van der Waals surface area (Å²) in [5, 5.41) is 0. The summed E-state index contributed by atoms with van der Waals surface area (Å²) < 4.78 is 0. The van der Waals surface area contributed by atoms with E-state index in [0.717, 1.165) is 13.1 Å². The summed E-state index contributed by atoms with van der Waals surface area (Å²) in [6.07, 6.45) is 1.91. The molecule has 20 heavy (non-hydrogen) atoms. The van der Waals surface area contributed by atoms with Crippen LogP contribution in [-0.4, -0.2) is 45.5 Å². The molecule has 2 unspecified atom stereocenters. The zero-order valence-electron chi connectivity index (χ0n) is 13.8. The fourth-order valence-corrected chi connectivity index (χ4v) is 3.28. The standard InChI is InChI=1S/C17H29N3/c1-13(2)19-12-16(15-9-7-8-10-18-15)20(11-14(19)3)17(4,5)6/h7-10,13-14,16H,11-12H2,1-6H3. The monoisotopic (exact) mass is 275 g/mol. The lowest BCUT2D eigenvalue weighted by atomic mass is 9.95. The Morgan fingerprint density at radius 1 is 1.20 bits per heavy atom. The van der Waals surface area contributed by atoms with E-state index in [0.29, 0.717) is 18.1 Å². The van der Waals surface area contributed by atoms with Crippen molar-refractivity contribution in [2.24, 2.45) is 0 Å². The van der Waals surface area contributed by atoms with E-state index in [2.05, 4.69) is 68.5 Å². The van der Waals surface area contributed by atoms with Crippen molar-refractivity contribution in [2.75, 3.05) is 13.1 Å².